The topological polar surface area (TPSA) is 53.2 Å². The van der Waals surface area contributed by atoms with Crippen molar-refractivity contribution in [3.63, 3.8) is 0 Å². The Labute approximate surface area is 61.2 Å². The molecule has 58 valence electrons. The third kappa shape index (κ3) is 2.34. The first-order chi connectivity index (χ1) is 4.63. The second-order valence-electron chi connectivity index (χ2n) is 2.52. The van der Waals surface area contributed by atoms with Crippen LogP contribution in [0.2, 0.25) is 0 Å². The Bertz CT molecular complexity index is 128. The largest absolute Gasteiger partial charge is 0.377 e. The molecule has 10 heavy (non-hydrogen) atoms. The van der Waals surface area contributed by atoms with Crippen LogP contribution in [0, 0.1) is 17.2 Å². The molecule has 0 bridgehead atoms. The number of aliphatic hydroxyl groups excluding tert-OH is 1. The molecule has 0 fully saturated rings. The number of hydrogen-bond acceptors (Lipinski definition) is 3. The molecule has 2 unspecified atom stereocenters. The highest BCUT2D eigenvalue weighted by molar-refractivity contribution is 4.90. The molecule has 0 aromatic rings. The Morgan fingerprint density at radius 3 is 2.10 bits per heavy atom. The van der Waals surface area contributed by atoms with Gasteiger partial charge >= 0.3 is 0 Å². The van der Waals surface area contributed by atoms with E-state index in [1.807, 2.05) is 13.8 Å². The zero-order chi connectivity index (χ0) is 8.15. The molecule has 0 spiro atoms. The van der Waals surface area contributed by atoms with E-state index in [1.165, 1.54) is 7.11 Å². The van der Waals surface area contributed by atoms with Crippen LogP contribution in [0.4, 0.5) is 0 Å². The molecule has 0 rings (SSSR count). The Kier molecular flexibility index (Phi) is 4.01. The van der Waals surface area contributed by atoms with Crippen molar-refractivity contribution in [1.29, 1.82) is 5.26 Å². The molecule has 0 aliphatic heterocycles. The predicted octanol–water partition coefficient (Wildman–Crippen LogP) is 0.542. The molecule has 0 aromatic carbocycles. The average Bonchev–Trinajstić information content (AvgIpc) is 1.88. The van der Waals surface area contributed by atoms with Crippen molar-refractivity contribution in [2.24, 2.45) is 5.92 Å². The number of aliphatic hydroxyl groups is 1. The fourth-order valence-corrected chi connectivity index (χ4v) is 0.839. The van der Waals surface area contributed by atoms with E-state index in [0.717, 1.165) is 0 Å². The Morgan fingerprint density at radius 2 is 2.00 bits per heavy atom. The van der Waals surface area contributed by atoms with Crippen LogP contribution in [0.25, 0.3) is 0 Å². The van der Waals surface area contributed by atoms with Gasteiger partial charge in [0.15, 0.2) is 6.10 Å². The van der Waals surface area contributed by atoms with Crippen LogP contribution in [-0.4, -0.2) is 24.4 Å². The molecular formula is C7H13NO2. The van der Waals surface area contributed by atoms with E-state index < -0.39 is 6.10 Å². The summed E-state index contributed by atoms with van der Waals surface area (Å²) in [6, 6.07) is 1.73. The Hall–Kier alpha value is -0.590. The molecule has 1 N–H and O–H groups in total. The van der Waals surface area contributed by atoms with Gasteiger partial charge in [-0.2, -0.15) is 5.26 Å². The van der Waals surface area contributed by atoms with Crippen LogP contribution in [-0.2, 0) is 4.74 Å². The zero-order valence-corrected chi connectivity index (χ0v) is 6.53. The van der Waals surface area contributed by atoms with Crippen molar-refractivity contribution in [2.75, 3.05) is 7.11 Å². The molecule has 0 saturated heterocycles. The number of nitrogens with zero attached hydrogens (tertiary/aromatic N) is 1. The lowest BCUT2D eigenvalue weighted by atomic mass is 10.0. The van der Waals surface area contributed by atoms with Crippen molar-refractivity contribution in [3.05, 3.63) is 0 Å². The van der Waals surface area contributed by atoms with Gasteiger partial charge in [0, 0.05) is 7.11 Å². The molecule has 0 saturated carbocycles. The summed E-state index contributed by atoms with van der Waals surface area (Å²) in [5, 5.41) is 17.3. The summed E-state index contributed by atoms with van der Waals surface area (Å²) in [7, 11) is 1.49. The summed E-state index contributed by atoms with van der Waals surface area (Å²) in [6.07, 6.45) is -1.38. The Balaban J connectivity index is 3.96. The lowest BCUT2D eigenvalue weighted by Gasteiger charge is -2.19. The van der Waals surface area contributed by atoms with Crippen LogP contribution in [0.5, 0.6) is 0 Å². The third-order valence-corrected chi connectivity index (χ3v) is 1.37. The molecule has 0 aliphatic carbocycles. The molecule has 0 radical (unpaired) electrons. The highest BCUT2D eigenvalue weighted by Gasteiger charge is 2.21. The smallest absolute Gasteiger partial charge is 0.166 e. The highest BCUT2D eigenvalue weighted by atomic mass is 16.5. The maximum atomic E-state index is 9.00. The predicted molar refractivity (Wildman–Crippen MR) is 37.3 cm³/mol. The monoisotopic (exact) mass is 143 g/mol. The van der Waals surface area contributed by atoms with E-state index in [2.05, 4.69) is 0 Å². The lowest BCUT2D eigenvalue weighted by molar-refractivity contribution is -0.0124. The molecule has 3 nitrogen and oxygen atoms in total. The minimum atomic E-state index is -1.01. The van der Waals surface area contributed by atoms with Crippen molar-refractivity contribution in [2.45, 2.75) is 26.1 Å². The van der Waals surface area contributed by atoms with Gasteiger partial charge in [-0.25, -0.2) is 0 Å². The molecular weight excluding hydrogens is 130 g/mol. The van der Waals surface area contributed by atoms with Crippen molar-refractivity contribution < 1.29 is 9.84 Å². The molecule has 0 amide bonds. The number of rotatable bonds is 3. The van der Waals surface area contributed by atoms with E-state index in [4.69, 9.17) is 15.1 Å². The third-order valence-electron chi connectivity index (χ3n) is 1.37. The molecule has 3 heteroatoms. The van der Waals surface area contributed by atoms with Crippen molar-refractivity contribution in [1.82, 2.24) is 0 Å². The number of methoxy groups -OCH3 is 1. The number of hydrogen-bond donors (Lipinski definition) is 1. The summed E-state index contributed by atoms with van der Waals surface area (Å²) in [6.45, 7) is 3.80. The fraction of sp³-hybridized carbons (Fsp3) is 0.857. The second kappa shape index (κ2) is 4.26. The van der Waals surface area contributed by atoms with Crippen LogP contribution < -0.4 is 0 Å². The van der Waals surface area contributed by atoms with Gasteiger partial charge in [0.2, 0.25) is 0 Å². The van der Waals surface area contributed by atoms with Crippen LogP contribution in [0.3, 0.4) is 0 Å². The van der Waals surface area contributed by atoms with Crippen LogP contribution >= 0.6 is 0 Å². The molecule has 2 atom stereocenters. The summed E-state index contributed by atoms with van der Waals surface area (Å²) in [5.41, 5.74) is 0. The normalized spacial score (nSPS) is 16.4. The summed E-state index contributed by atoms with van der Waals surface area (Å²) in [4.78, 5) is 0. The van der Waals surface area contributed by atoms with Gasteiger partial charge in [-0.1, -0.05) is 13.8 Å². The van der Waals surface area contributed by atoms with E-state index in [-0.39, 0.29) is 12.0 Å². The van der Waals surface area contributed by atoms with Gasteiger partial charge in [-0.05, 0) is 5.92 Å². The van der Waals surface area contributed by atoms with E-state index >= 15 is 0 Å². The van der Waals surface area contributed by atoms with Gasteiger partial charge in [-0.3, -0.25) is 0 Å². The highest BCUT2D eigenvalue weighted by Crippen LogP contribution is 2.08. The van der Waals surface area contributed by atoms with Gasteiger partial charge < -0.3 is 9.84 Å². The maximum Gasteiger partial charge on any atom is 0.166 e. The van der Waals surface area contributed by atoms with Gasteiger partial charge in [0.05, 0.1) is 12.2 Å². The fourth-order valence-electron chi connectivity index (χ4n) is 0.839. The van der Waals surface area contributed by atoms with E-state index in [0.29, 0.717) is 0 Å². The first-order valence-corrected chi connectivity index (χ1v) is 3.24. The zero-order valence-electron chi connectivity index (χ0n) is 6.53. The molecule has 0 heterocycles. The van der Waals surface area contributed by atoms with Crippen molar-refractivity contribution in [3.8, 4) is 6.07 Å². The maximum absolute atomic E-state index is 9.00. The quantitative estimate of drug-likeness (QED) is 0.587. The van der Waals surface area contributed by atoms with E-state index in [1.54, 1.807) is 6.07 Å². The Morgan fingerprint density at radius 1 is 1.50 bits per heavy atom. The minimum Gasteiger partial charge on any atom is -0.377 e. The van der Waals surface area contributed by atoms with Crippen molar-refractivity contribution >= 4 is 0 Å². The first kappa shape index (κ1) is 9.41. The first-order valence-electron chi connectivity index (χ1n) is 3.24. The standard InChI is InChI=1S/C7H13NO2/c1-5(2)7(10-3)6(9)4-8/h5-7,9H,1-3H3. The summed E-state index contributed by atoms with van der Waals surface area (Å²) >= 11 is 0. The summed E-state index contributed by atoms with van der Waals surface area (Å²) < 4.78 is 4.89. The SMILES string of the molecule is COC(C(C)C)C(O)C#N. The number of nitriles is 1. The lowest BCUT2D eigenvalue weighted by Crippen LogP contribution is -2.31. The second-order valence-corrected chi connectivity index (χ2v) is 2.52. The van der Waals surface area contributed by atoms with Gasteiger partial charge in [0.1, 0.15) is 0 Å². The van der Waals surface area contributed by atoms with E-state index in [9.17, 15) is 0 Å². The van der Waals surface area contributed by atoms with Gasteiger partial charge in [-0.15, -0.1) is 0 Å². The summed E-state index contributed by atoms with van der Waals surface area (Å²) in [5.74, 6) is 0.166. The molecule has 0 aliphatic rings. The van der Waals surface area contributed by atoms with Crippen LogP contribution in [0.1, 0.15) is 13.8 Å². The van der Waals surface area contributed by atoms with Crippen LogP contribution in [0.15, 0.2) is 0 Å². The number of ether oxygens (including phenoxy) is 1. The minimum absolute atomic E-state index is 0.166. The average molecular weight is 143 g/mol. The molecule has 0 aromatic heterocycles. The van der Waals surface area contributed by atoms with Gasteiger partial charge in [0.25, 0.3) is 0 Å².